The molecule has 0 bridgehead atoms. The number of aromatic nitrogens is 4. The molecular weight excluding hydrogens is 520 g/mol. The van der Waals surface area contributed by atoms with E-state index in [2.05, 4.69) is 30.6 Å². The summed E-state index contributed by atoms with van der Waals surface area (Å²) in [6.07, 6.45) is 9.95. The number of aromatic amines is 1. The summed E-state index contributed by atoms with van der Waals surface area (Å²) in [5.41, 5.74) is 1.04. The molecule has 40 heavy (non-hydrogen) atoms. The Morgan fingerprint density at radius 3 is 2.77 bits per heavy atom. The lowest BCUT2D eigenvalue weighted by Gasteiger charge is -2.32. The van der Waals surface area contributed by atoms with Gasteiger partial charge in [-0.15, -0.1) is 0 Å². The molecule has 10 nitrogen and oxygen atoms in total. The summed E-state index contributed by atoms with van der Waals surface area (Å²) in [7, 11) is 1.80. The van der Waals surface area contributed by atoms with Gasteiger partial charge in [0.1, 0.15) is 11.5 Å². The molecule has 1 saturated carbocycles. The predicted octanol–water partition coefficient (Wildman–Crippen LogP) is 4.89. The molecule has 3 aromatic rings. The zero-order valence-electron chi connectivity index (χ0n) is 23.2. The first-order chi connectivity index (χ1) is 19.4. The minimum atomic E-state index is -0.571. The van der Waals surface area contributed by atoms with Crippen molar-refractivity contribution in [2.24, 2.45) is 0 Å². The van der Waals surface area contributed by atoms with Crippen molar-refractivity contribution in [2.45, 2.75) is 64.0 Å². The van der Waals surface area contributed by atoms with Gasteiger partial charge in [-0.25, -0.2) is 28.5 Å². The number of urea groups is 1. The van der Waals surface area contributed by atoms with Crippen LogP contribution in [0.1, 0.15) is 51.9 Å². The summed E-state index contributed by atoms with van der Waals surface area (Å²) in [5, 5.41) is 6.85. The number of carbonyl (C=O) groups is 1. The lowest BCUT2D eigenvalue weighted by molar-refractivity contribution is 0.0512. The first kappa shape index (κ1) is 29.6. The molecule has 2 atom stereocenters. The van der Waals surface area contributed by atoms with E-state index in [-0.39, 0.29) is 29.8 Å². The molecule has 0 unspecified atom stereocenters. The average molecular weight is 560 g/mol. The molecule has 0 aromatic carbocycles. The Balaban J connectivity index is 1.24. The first-order valence-corrected chi connectivity index (χ1v) is 14.0. The molecule has 0 radical (unpaired) electrons. The lowest BCUT2D eigenvalue weighted by atomic mass is 9.91. The number of pyridine rings is 1. The fourth-order valence-electron chi connectivity index (χ4n) is 4.89. The van der Waals surface area contributed by atoms with Crippen LogP contribution in [0.4, 0.5) is 19.4 Å². The Labute approximate surface area is 233 Å². The van der Waals surface area contributed by atoms with Crippen LogP contribution in [-0.2, 0) is 9.47 Å². The van der Waals surface area contributed by atoms with Gasteiger partial charge in [-0.3, -0.25) is 0 Å². The number of hydrogen-bond donors (Lipinski definition) is 3. The standard InChI is InChI=1S/C28H39F2N7O3/c1-3-39-12-13-40-11-6-4-5-10-37(2)28(38)35-21-9-7-8-20(15-21)34-27-24(30)18-33-26(36-27)23-17-32-25-22(23)14-19(29)16-31-25/h14,16-18,20-21H,3-13,15H2,1-2H3,(H,31,32)(H,35,38)(H,33,34,36)/t20-,21+/m1/s1. The van der Waals surface area contributed by atoms with Gasteiger partial charge in [0.2, 0.25) is 0 Å². The second-order valence-electron chi connectivity index (χ2n) is 10.1. The molecule has 4 rings (SSSR count). The van der Waals surface area contributed by atoms with Crippen LogP contribution < -0.4 is 10.6 Å². The highest BCUT2D eigenvalue weighted by atomic mass is 19.1. The summed E-state index contributed by atoms with van der Waals surface area (Å²) < 4.78 is 39.2. The number of nitrogens with one attached hydrogen (secondary N) is 3. The zero-order chi connectivity index (χ0) is 28.3. The first-order valence-electron chi connectivity index (χ1n) is 14.0. The van der Waals surface area contributed by atoms with Crippen molar-refractivity contribution >= 4 is 22.9 Å². The van der Waals surface area contributed by atoms with Gasteiger partial charge >= 0.3 is 6.03 Å². The molecule has 1 aliphatic carbocycles. The van der Waals surface area contributed by atoms with Crippen LogP contribution >= 0.6 is 0 Å². The summed E-state index contributed by atoms with van der Waals surface area (Å²) in [6, 6.07) is 1.16. The Morgan fingerprint density at radius 2 is 1.93 bits per heavy atom. The predicted molar refractivity (Wildman–Crippen MR) is 149 cm³/mol. The SMILES string of the molecule is CCOCCOCCCCCN(C)C(=O)N[C@H]1CCC[C@@H](Nc2nc(-c3c[nH]c4ncc(F)cc34)ncc2F)C1. The fraction of sp³-hybridized carbons (Fsp3) is 0.571. The van der Waals surface area contributed by atoms with E-state index in [0.29, 0.717) is 56.0 Å². The normalized spacial score (nSPS) is 17.2. The minimum absolute atomic E-state index is 0.0213. The van der Waals surface area contributed by atoms with Crippen molar-refractivity contribution in [1.29, 1.82) is 0 Å². The number of rotatable bonds is 14. The quantitative estimate of drug-likeness (QED) is 0.241. The maximum atomic E-state index is 14.7. The number of H-pyrrole nitrogens is 1. The number of unbranched alkanes of at least 4 members (excludes halogenated alkanes) is 2. The van der Waals surface area contributed by atoms with Gasteiger partial charge in [-0.2, -0.15) is 0 Å². The Kier molecular flexibility index (Phi) is 11.0. The maximum absolute atomic E-state index is 14.7. The van der Waals surface area contributed by atoms with E-state index >= 15 is 0 Å². The van der Waals surface area contributed by atoms with Crippen molar-refractivity contribution in [3.8, 4) is 11.4 Å². The van der Waals surface area contributed by atoms with Crippen LogP contribution in [0.15, 0.2) is 24.7 Å². The number of carbonyl (C=O) groups excluding carboxylic acids is 1. The number of nitrogens with zero attached hydrogens (tertiary/aromatic N) is 4. The van der Waals surface area contributed by atoms with Crippen LogP contribution in [0.3, 0.4) is 0 Å². The van der Waals surface area contributed by atoms with E-state index < -0.39 is 11.6 Å². The van der Waals surface area contributed by atoms with Crippen LogP contribution in [0.5, 0.6) is 0 Å². The van der Waals surface area contributed by atoms with Crippen molar-refractivity contribution in [3.63, 3.8) is 0 Å². The summed E-state index contributed by atoms with van der Waals surface area (Å²) in [5.74, 6) is -0.700. The van der Waals surface area contributed by atoms with Gasteiger partial charge in [0, 0.05) is 56.0 Å². The van der Waals surface area contributed by atoms with Crippen LogP contribution in [-0.4, -0.2) is 83.0 Å². The maximum Gasteiger partial charge on any atom is 0.317 e. The topological polar surface area (TPSA) is 117 Å². The average Bonchev–Trinajstić information content (AvgIpc) is 3.36. The second kappa shape index (κ2) is 14.8. The van der Waals surface area contributed by atoms with Crippen molar-refractivity contribution in [2.75, 3.05) is 45.3 Å². The van der Waals surface area contributed by atoms with E-state index in [1.165, 1.54) is 6.07 Å². The lowest BCUT2D eigenvalue weighted by Crippen LogP contribution is -2.47. The molecule has 0 aliphatic heterocycles. The molecule has 3 heterocycles. The highest BCUT2D eigenvalue weighted by Crippen LogP contribution is 2.28. The minimum Gasteiger partial charge on any atom is -0.379 e. The summed E-state index contributed by atoms with van der Waals surface area (Å²) >= 11 is 0. The molecule has 12 heteroatoms. The fourth-order valence-corrected chi connectivity index (χ4v) is 4.89. The second-order valence-corrected chi connectivity index (χ2v) is 10.1. The Hall–Kier alpha value is -3.38. The molecule has 0 spiro atoms. The number of halogens is 2. The highest BCUT2D eigenvalue weighted by Gasteiger charge is 2.25. The smallest absolute Gasteiger partial charge is 0.317 e. The van der Waals surface area contributed by atoms with Gasteiger partial charge in [0.25, 0.3) is 0 Å². The van der Waals surface area contributed by atoms with Gasteiger partial charge < -0.3 is 30.0 Å². The Bertz CT molecular complexity index is 1240. The van der Waals surface area contributed by atoms with Crippen molar-refractivity contribution < 1.29 is 23.0 Å². The van der Waals surface area contributed by atoms with E-state index in [0.717, 1.165) is 50.9 Å². The molecule has 3 N–H and O–H groups in total. The third kappa shape index (κ3) is 8.31. The molecule has 0 saturated heterocycles. The molecular formula is C28H39F2N7O3. The highest BCUT2D eigenvalue weighted by molar-refractivity contribution is 5.91. The summed E-state index contributed by atoms with van der Waals surface area (Å²) in [6.45, 7) is 5.26. The molecule has 1 fully saturated rings. The number of amides is 2. The monoisotopic (exact) mass is 559 g/mol. The number of hydrogen-bond acceptors (Lipinski definition) is 7. The third-order valence-corrected chi connectivity index (χ3v) is 7.03. The van der Waals surface area contributed by atoms with Gasteiger partial charge in [0.15, 0.2) is 17.5 Å². The number of anilines is 1. The largest absolute Gasteiger partial charge is 0.379 e. The van der Waals surface area contributed by atoms with E-state index in [9.17, 15) is 13.6 Å². The molecule has 2 amide bonds. The van der Waals surface area contributed by atoms with Gasteiger partial charge in [0.05, 0.1) is 25.6 Å². The third-order valence-electron chi connectivity index (χ3n) is 7.03. The van der Waals surface area contributed by atoms with Gasteiger partial charge in [-0.1, -0.05) is 0 Å². The molecule has 218 valence electrons. The molecule has 3 aromatic heterocycles. The van der Waals surface area contributed by atoms with E-state index in [1.54, 1.807) is 18.1 Å². The van der Waals surface area contributed by atoms with Crippen LogP contribution in [0.2, 0.25) is 0 Å². The van der Waals surface area contributed by atoms with E-state index in [1.807, 2.05) is 6.92 Å². The van der Waals surface area contributed by atoms with E-state index in [4.69, 9.17) is 9.47 Å². The van der Waals surface area contributed by atoms with Crippen LogP contribution in [0.25, 0.3) is 22.4 Å². The van der Waals surface area contributed by atoms with Crippen LogP contribution in [0, 0.1) is 11.6 Å². The summed E-state index contributed by atoms with van der Waals surface area (Å²) in [4.78, 5) is 30.0. The zero-order valence-corrected chi connectivity index (χ0v) is 23.2. The van der Waals surface area contributed by atoms with Crippen molar-refractivity contribution in [1.82, 2.24) is 30.2 Å². The van der Waals surface area contributed by atoms with Gasteiger partial charge in [-0.05, 0) is 57.9 Å². The number of fused-ring (bicyclic) bond motifs is 1. The van der Waals surface area contributed by atoms with Crippen molar-refractivity contribution in [3.05, 3.63) is 36.3 Å². The number of ether oxygens (including phenoxy) is 2. The molecule has 1 aliphatic rings. The Morgan fingerprint density at radius 1 is 1.10 bits per heavy atom.